The Hall–Kier alpha value is -1.56. The van der Waals surface area contributed by atoms with Gasteiger partial charge in [0.2, 0.25) is 0 Å². The van der Waals surface area contributed by atoms with E-state index in [1.165, 1.54) is 18.2 Å². The second kappa shape index (κ2) is 5.18. The fourth-order valence-corrected chi connectivity index (χ4v) is 2.25. The molecule has 0 spiro atoms. The van der Waals surface area contributed by atoms with Crippen molar-refractivity contribution in [3.8, 4) is 5.75 Å². The van der Waals surface area contributed by atoms with E-state index in [-0.39, 0.29) is 10.6 Å². The van der Waals surface area contributed by atoms with Gasteiger partial charge < -0.3 is 9.84 Å². The molecule has 94 valence electrons. The monoisotopic (exact) mass is 258 g/mol. The average molecular weight is 258 g/mol. The first-order chi connectivity index (χ1) is 7.86. The number of sulfone groups is 1. The number of aryl methyl sites for hydroxylation is 1. The standard InChI is InChI=1S/C11H14O5S/c1-3-17(14,15)9-4-5-10(8(2)6-9)16-7-11(12)13/h4-6H,3,7H2,1-2H3,(H,12,13). The number of carboxylic acid groups (broad SMARTS) is 1. The number of rotatable bonds is 5. The normalized spacial score (nSPS) is 11.2. The minimum atomic E-state index is -3.24. The number of ether oxygens (including phenoxy) is 1. The third-order valence-corrected chi connectivity index (χ3v) is 3.97. The largest absolute Gasteiger partial charge is 0.482 e. The zero-order valence-electron chi connectivity index (χ0n) is 9.63. The Labute approximate surface area is 100.0 Å². The Bertz CT molecular complexity index is 519. The van der Waals surface area contributed by atoms with Crippen LogP contribution in [0.3, 0.4) is 0 Å². The van der Waals surface area contributed by atoms with Crippen molar-refractivity contribution in [2.45, 2.75) is 18.7 Å². The molecule has 6 heteroatoms. The summed E-state index contributed by atoms with van der Waals surface area (Å²) in [5.74, 6) is -0.668. The molecule has 0 aliphatic rings. The second-order valence-corrected chi connectivity index (χ2v) is 5.79. The van der Waals surface area contributed by atoms with Crippen molar-refractivity contribution < 1.29 is 23.1 Å². The van der Waals surface area contributed by atoms with E-state index in [0.717, 1.165) is 0 Å². The Morgan fingerprint density at radius 1 is 1.41 bits per heavy atom. The van der Waals surface area contributed by atoms with Crippen LogP contribution in [0.15, 0.2) is 23.1 Å². The first kappa shape index (κ1) is 13.5. The van der Waals surface area contributed by atoms with E-state index < -0.39 is 22.4 Å². The molecule has 17 heavy (non-hydrogen) atoms. The van der Waals surface area contributed by atoms with Gasteiger partial charge in [-0.05, 0) is 30.7 Å². The third-order valence-electron chi connectivity index (χ3n) is 2.24. The van der Waals surface area contributed by atoms with Crippen LogP contribution in [0.1, 0.15) is 12.5 Å². The fraction of sp³-hybridized carbons (Fsp3) is 0.364. The van der Waals surface area contributed by atoms with Gasteiger partial charge in [0.05, 0.1) is 10.6 Å². The van der Waals surface area contributed by atoms with Crippen LogP contribution in [0.4, 0.5) is 0 Å². The summed E-state index contributed by atoms with van der Waals surface area (Å²) in [6.45, 7) is 2.80. The topological polar surface area (TPSA) is 80.7 Å². The first-order valence-electron chi connectivity index (χ1n) is 5.05. The highest BCUT2D eigenvalue weighted by Gasteiger charge is 2.13. The van der Waals surface area contributed by atoms with Gasteiger partial charge in [-0.3, -0.25) is 0 Å². The van der Waals surface area contributed by atoms with Crippen molar-refractivity contribution >= 4 is 15.8 Å². The van der Waals surface area contributed by atoms with Crippen molar-refractivity contribution in [2.24, 2.45) is 0 Å². The Morgan fingerprint density at radius 2 is 2.06 bits per heavy atom. The maximum absolute atomic E-state index is 11.6. The average Bonchev–Trinajstić information content (AvgIpc) is 2.27. The van der Waals surface area contributed by atoms with Crippen molar-refractivity contribution in [1.82, 2.24) is 0 Å². The van der Waals surface area contributed by atoms with Gasteiger partial charge in [-0.15, -0.1) is 0 Å². The van der Waals surface area contributed by atoms with E-state index in [1.807, 2.05) is 0 Å². The van der Waals surface area contributed by atoms with Crippen LogP contribution in [0.5, 0.6) is 5.75 Å². The molecule has 0 unspecified atom stereocenters. The molecule has 1 aromatic carbocycles. The molecule has 0 fully saturated rings. The lowest BCUT2D eigenvalue weighted by Crippen LogP contribution is -2.10. The first-order valence-corrected chi connectivity index (χ1v) is 6.70. The number of hydrogen-bond acceptors (Lipinski definition) is 4. The summed E-state index contributed by atoms with van der Waals surface area (Å²) in [5.41, 5.74) is 0.598. The lowest BCUT2D eigenvalue weighted by molar-refractivity contribution is -0.139. The van der Waals surface area contributed by atoms with E-state index in [1.54, 1.807) is 13.8 Å². The Kier molecular flexibility index (Phi) is 4.11. The van der Waals surface area contributed by atoms with Gasteiger partial charge in [-0.2, -0.15) is 0 Å². The molecule has 1 rings (SSSR count). The highest BCUT2D eigenvalue weighted by molar-refractivity contribution is 7.91. The number of hydrogen-bond donors (Lipinski definition) is 1. The lowest BCUT2D eigenvalue weighted by Gasteiger charge is -2.08. The summed E-state index contributed by atoms with van der Waals surface area (Å²) < 4.78 is 28.2. The van der Waals surface area contributed by atoms with Crippen molar-refractivity contribution in [2.75, 3.05) is 12.4 Å². The Balaban J connectivity index is 2.98. The van der Waals surface area contributed by atoms with E-state index in [4.69, 9.17) is 9.84 Å². The SMILES string of the molecule is CCS(=O)(=O)c1ccc(OCC(=O)O)c(C)c1. The van der Waals surface area contributed by atoms with Gasteiger partial charge in [-0.25, -0.2) is 13.2 Å². The van der Waals surface area contributed by atoms with E-state index in [9.17, 15) is 13.2 Å². The van der Waals surface area contributed by atoms with Gasteiger partial charge in [0.15, 0.2) is 16.4 Å². The van der Waals surface area contributed by atoms with Crippen LogP contribution in [0.2, 0.25) is 0 Å². The van der Waals surface area contributed by atoms with Crippen LogP contribution in [0, 0.1) is 6.92 Å². The second-order valence-electron chi connectivity index (χ2n) is 3.51. The molecular weight excluding hydrogens is 244 g/mol. The molecule has 0 atom stereocenters. The molecule has 0 heterocycles. The molecule has 5 nitrogen and oxygen atoms in total. The maximum atomic E-state index is 11.6. The molecule has 0 saturated heterocycles. The minimum Gasteiger partial charge on any atom is -0.482 e. The molecule has 1 aromatic rings. The van der Waals surface area contributed by atoms with Crippen LogP contribution >= 0.6 is 0 Å². The van der Waals surface area contributed by atoms with Gasteiger partial charge in [0.25, 0.3) is 0 Å². The van der Waals surface area contributed by atoms with Crippen LogP contribution < -0.4 is 4.74 Å². The van der Waals surface area contributed by atoms with E-state index in [2.05, 4.69) is 0 Å². The smallest absolute Gasteiger partial charge is 0.341 e. The Morgan fingerprint density at radius 3 is 2.53 bits per heavy atom. The number of aliphatic carboxylic acids is 1. The molecule has 0 aliphatic heterocycles. The lowest BCUT2D eigenvalue weighted by atomic mass is 10.2. The molecule has 0 saturated carbocycles. The summed E-state index contributed by atoms with van der Waals surface area (Å²) in [6.07, 6.45) is 0. The van der Waals surface area contributed by atoms with Crippen LogP contribution in [-0.2, 0) is 14.6 Å². The van der Waals surface area contributed by atoms with Gasteiger partial charge >= 0.3 is 5.97 Å². The van der Waals surface area contributed by atoms with Gasteiger partial charge in [0, 0.05) is 0 Å². The highest BCUT2D eigenvalue weighted by atomic mass is 32.2. The molecule has 1 N–H and O–H groups in total. The number of carboxylic acids is 1. The maximum Gasteiger partial charge on any atom is 0.341 e. The van der Waals surface area contributed by atoms with Crippen molar-refractivity contribution in [1.29, 1.82) is 0 Å². The fourth-order valence-electron chi connectivity index (χ4n) is 1.28. The summed E-state index contributed by atoms with van der Waals surface area (Å²) in [5, 5.41) is 8.47. The van der Waals surface area contributed by atoms with Crippen LogP contribution in [-0.4, -0.2) is 31.9 Å². The number of carbonyl (C=O) groups is 1. The molecule has 0 aliphatic carbocycles. The quantitative estimate of drug-likeness (QED) is 0.859. The van der Waals surface area contributed by atoms with Crippen molar-refractivity contribution in [3.05, 3.63) is 23.8 Å². The van der Waals surface area contributed by atoms with Gasteiger partial charge in [-0.1, -0.05) is 6.92 Å². The summed E-state index contributed by atoms with van der Waals surface area (Å²) >= 11 is 0. The predicted molar refractivity (Wildman–Crippen MR) is 62.0 cm³/mol. The zero-order chi connectivity index (χ0) is 13.1. The molecular formula is C11H14O5S. The molecule has 0 aromatic heterocycles. The minimum absolute atomic E-state index is 0.0295. The van der Waals surface area contributed by atoms with E-state index >= 15 is 0 Å². The number of benzene rings is 1. The zero-order valence-corrected chi connectivity index (χ0v) is 10.5. The van der Waals surface area contributed by atoms with Gasteiger partial charge in [0.1, 0.15) is 5.75 Å². The summed E-state index contributed by atoms with van der Waals surface area (Å²) in [7, 11) is -3.24. The van der Waals surface area contributed by atoms with Crippen LogP contribution in [0.25, 0.3) is 0 Å². The summed E-state index contributed by atoms with van der Waals surface area (Å²) in [4.78, 5) is 10.6. The highest BCUT2D eigenvalue weighted by Crippen LogP contribution is 2.22. The van der Waals surface area contributed by atoms with E-state index in [0.29, 0.717) is 11.3 Å². The predicted octanol–water partition coefficient (Wildman–Crippen LogP) is 1.25. The van der Waals surface area contributed by atoms with Crippen molar-refractivity contribution in [3.63, 3.8) is 0 Å². The molecule has 0 amide bonds. The molecule has 0 bridgehead atoms. The summed E-state index contributed by atoms with van der Waals surface area (Å²) in [6, 6.07) is 4.37. The third kappa shape index (κ3) is 3.45. The molecule has 0 radical (unpaired) electrons.